The highest BCUT2D eigenvalue weighted by Crippen LogP contribution is 2.43. The maximum atomic E-state index is 13.1. The van der Waals surface area contributed by atoms with Crippen LogP contribution in [0.2, 0.25) is 0 Å². The number of hydrogen-bond donors (Lipinski definition) is 0. The third-order valence-corrected chi connectivity index (χ3v) is 6.52. The number of nitrogens with zero attached hydrogens (tertiary/aromatic N) is 3. The van der Waals surface area contributed by atoms with E-state index in [0.29, 0.717) is 5.03 Å². The largest absolute Gasteiger partial charge is 0.302 e. The van der Waals surface area contributed by atoms with Crippen LogP contribution in [0.3, 0.4) is 0 Å². The van der Waals surface area contributed by atoms with E-state index in [4.69, 9.17) is 0 Å². The number of benzene rings is 1. The van der Waals surface area contributed by atoms with Crippen LogP contribution >= 0.6 is 23.5 Å². The van der Waals surface area contributed by atoms with Crippen LogP contribution in [-0.2, 0) is 4.79 Å². The van der Waals surface area contributed by atoms with Crippen molar-refractivity contribution in [3.05, 3.63) is 77.0 Å². The second-order valence-electron chi connectivity index (χ2n) is 5.97. The van der Waals surface area contributed by atoms with Gasteiger partial charge in [0.2, 0.25) is 5.91 Å². The summed E-state index contributed by atoms with van der Waals surface area (Å²) in [6, 6.07) is 10.9. The van der Waals surface area contributed by atoms with Gasteiger partial charge in [-0.3, -0.25) is 14.9 Å². The number of aromatic nitrogens is 1. The smallest absolute Gasteiger partial charge is 0.287 e. The fraction of sp³-hybridized carbons (Fsp3) is 0.158. The van der Waals surface area contributed by atoms with Crippen LogP contribution in [0, 0.1) is 10.1 Å². The Morgan fingerprint density at radius 1 is 1.22 bits per heavy atom. The minimum atomic E-state index is -0.488. The molecule has 136 valence electrons. The summed E-state index contributed by atoms with van der Waals surface area (Å²) in [5.74, 6) is 0.202. The van der Waals surface area contributed by atoms with E-state index in [2.05, 4.69) is 17.1 Å². The first-order chi connectivity index (χ1) is 13.1. The van der Waals surface area contributed by atoms with E-state index in [1.165, 1.54) is 24.0 Å². The number of anilines is 1. The lowest BCUT2D eigenvalue weighted by Gasteiger charge is -2.40. The molecular weight excluding hydrogens is 382 g/mol. The van der Waals surface area contributed by atoms with E-state index >= 15 is 0 Å². The van der Waals surface area contributed by atoms with Crippen molar-refractivity contribution < 1.29 is 9.72 Å². The summed E-state index contributed by atoms with van der Waals surface area (Å²) in [6.07, 6.45) is 9.38. The molecule has 0 fully saturated rings. The number of rotatable bonds is 4. The SMILES string of the molecule is O=C(CSc1ccc([N+](=O)[O-])cn1)N1c2ccccc2S[C@@H]2C=CC=C[C@H]21. The van der Waals surface area contributed by atoms with E-state index in [1.54, 1.807) is 17.8 Å². The molecule has 0 unspecified atom stereocenters. The Morgan fingerprint density at radius 2 is 2.04 bits per heavy atom. The van der Waals surface area contributed by atoms with Gasteiger partial charge in [0.25, 0.3) is 5.69 Å². The van der Waals surface area contributed by atoms with E-state index in [-0.39, 0.29) is 28.6 Å². The van der Waals surface area contributed by atoms with E-state index in [1.807, 2.05) is 41.3 Å². The van der Waals surface area contributed by atoms with Crippen molar-refractivity contribution in [2.75, 3.05) is 10.7 Å². The van der Waals surface area contributed by atoms with Gasteiger partial charge in [0.05, 0.1) is 32.7 Å². The Balaban J connectivity index is 1.54. The van der Waals surface area contributed by atoms with Gasteiger partial charge in [-0.1, -0.05) is 48.2 Å². The van der Waals surface area contributed by atoms with Gasteiger partial charge in [-0.2, -0.15) is 0 Å². The molecule has 27 heavy (non-hydrogen) atoms. The minimum absolute atomic E-state index is 0.0112. The third-order valence-electron chi connectivity index (χ3n) is 4.29. The topological polar surface area (TPSA) is 76.3 Å². The monoisotopic (exact) mass is 397 g/mol. The van der Waals surface area contributed by atoms with Gasteiger partial charge in [0.15, 0.2) is 0 Å². The van der Waals surface area contributed by atoms with Crippen molar-refractivity contribution in [3.63, 3.8) is 0 Å². The lowest BCUT2D eigenvalue weighted by molar-refractivity contribution is -0.385. The molecule has 1 aliphatic carbocycles. The summed E-state index contributed by atoms with van der Waals surface area (Å²) in [5.41, 5.74) is 0.862. The first-order valence-corrected chi connectivity index (χ1v) is 10.2. The lowest BCUT2D eigenvalue weighted by Crippen LogP contribution is -2.48. The van der Waals surface area contributed by atoms with E-state index in [9.17, 15) is 14.9 Å². The summed E-state index contributed by atoms with van der Waals surface area (Å²) in [4.78, 5) is 30.3. The molecule has 8 heteroatoms. The highest BCUT2D eigenvalue weighted by atomic mass is 32.2. The van der Waals surface area contributed by atoms with Crippen LogP contribution in [0.4, 0.5) is 11.4 Å². The minimum Gasteiger partial charge on any atom is -0.302 e. The molecule has 2 aromatic rings. The van der Waals surface area contributed by atoms with Crippen molar-refractivity contribution in [2.45, 2.75) is 21.2 Å². The van der Waals surface area contributed by atoms with E-state index < -0.39 is 4.92 Å². The van der Waals surface area contributed by atoms with Crippen LogP contribution in [0.1, 0.15) is 0 Å². The van der Waals surface area contributed by atoms with Crippen molar-refractivity contribution in [3.8, 4) is 0 Å². The van der Waals surface area contributed by atoms with Crippen LogP contribution < -0.4 is 4.90 Å². The Labute approximate surface area is 164 Å². The number of carbonyl (C=O) groups is 1. The highest BCUT2D eigenvalue weighted by molar-refractivity contribution is 8.00. The van der Waals surface area contributed by atoms with Gasteiger partial charge in [0, 0.05) is 11.0 Å². The average molecular weight is 397 g/mol. The zero-order valence-electron chi connectivity index (χ0n) is 14.1. The summed E-state index contributed by atoms with van der Waals surface area (Å²) in [6.45, 7) is 0. The number of hydrogen-bond acceptors (Lipinski definition) is 6. The zero-order valence-corrected chi connectivity index (χ0v) is 15.7. The van der Waals surface area contributed by atoms with Crippen molar-refractivity contribution in [2.24, 2.45) is 0 Å². The molecule has 6 nitrogen and oxygen atoms in total. The average Bonchev–Trinajstić information content (AvgIpc) is 2.70. The first kappa shape index (κ1) is 17.8. The van der Waals surface area contributed by atoms with Crippen LogP contribution in [0.15, 0.2) is 76.8 Å². The number of allylic oxidation sites excluding steroid dienone is 2. The fourth-order valence-electron chi connectivity index (χ4n) is 3.05. The second kappa shape index (κ2) is 7.58. The number of fused-ring (bicyclic) bond motifs is 2. The molecule has 2 atom stereocenters. The van der Waals surface area contributed by atoms with Crippen LogP contribution in [0.5, 0.6) is 0 Å². The van der Waals surface area contributed by atoms with Crippen molar-refractivity contribution in [1.29, 1.82) is 0 Å². The highest BCUT2D eigenvalue weighted by Gasteiger charge is 2.36. The van der Waals surface area contributed by atoms with Crippen LogP contribution in [-0.4, -0.2) is 32.9 Å². The molecule has 2 heterocycles. The number of amides is 1. The lowest BCUT2D eigenvalue weighted by atomic mass is 10.0. The maximum Gasteiger partial charge on any atom is 0.287 e. The maximum absolute atomic E-state index is 13.1. The zero-order chi connectivity index (χ0) is 18.8. The van der Waals surface area contributed by atoms with Gasteiger partial charge in [0.1, 0.15) is 6.20 Å². The molecule has 0 bridgehead atoms. The van der Waals surface area contributed by atoms with Gasteiger partial charge in [-0.15, -0.1) is 11.8 Å². The van der Waals surface area contributed by atoms with Gasteiger partial charge < -0.3 is 4.90 Å². The molecule has 4 rings (SSSR count). The predicted octanol–water partition coefficient (Wildman–Crippen LogP) is 4.08. The summed E-state index contributed by atoms with van der Waals surface area (Å²) in [5, 5.41) is 11.5. The number of nitro groups is 1. The Kier molecular flexibility index (Phi) is 5.00. The molecule has 1 amide bonds. The number of carbonyl (C=O) groups excluding carboxylic acids is 1. The standard InChI is InChI=1S/C19H15N3O3S2/c23-19(12-26-18-10-9-13(11-20-18)22(24)25)21-14-5-1-3-7-16(14)27-17-8-4-2-6-15(17)21/h1-11,14,16H,12H2/t14-,16-/m1/s1. The predicted molar refractivity (Wildman–Crippen MR) is 107 cm³/mol. The van der Waals surface area contributed by atoms with Gasteiger partial charge in [-0.05, 0) is 18.2 Å². The second-order valence-corrected chi connectivity index (χ2v) is 8.19. The summed E-state index contributed by atoms with van der Waals surface area (Å²) < 4.78 is 0. The molecule has 1 aromatic heterocycles. The third kappa shape index (κ3) is 3.63. The molecule has 1 aromatic carbocycles. The summed E-state index contributed by atoms with van der Waals surface area (Å²) in [7, 11) is 0. The summed E-state index contributed by atoms with van der Waals surface area (Å²) >= 11 is 3.05. The number of pyridine rings is 1. The molecular formula is C19H15N3O3S2. The Bertz CT molecular complexity index is 943. The number of thioether (sulfide) groups is 2. The van der Waals surface area contributed by atoms with Gasteiger partial charge in [-0.25, -0.2) is 4.98 Å². The number of para-hydroxylation sites is 1. The molecule has 0 radical (unpaired) electrons. The van der Waals surface area contributed by atoms with Crippen molar-refractivity contribution in [1.82, 2.24) is 4.98 Å². The van der Waals surface area contributed by atoms with Crippen molar-refractivity contribution >= 4 is 40.8 Å². The quantitative estimate of drug-likeness (QED) is 0.439. The Hall–Kier alpha value is -2.58. The molecule has 1 aliphatic heterocycles. The normalized spacial score (nSPS) is 20.1. The fourth-order valence-corrected chi connectivity index (χ4v) is 5.01. The molecule has 2 aliphatic rings. The molecule has 0 spiro atoms. The molecule has 0 saturated carbocycles. The molecule has 0 saturated heterocycles. The van der Waals surface area contributed by atoms with Crippen LogP contribution in [0.25, 0.3) is 0 Å². The van der Waals surface area contributed by atoms with Gasteiger partial charge >= 0.3 is 0 Å². The molecule has 0 N–H and O–H groups in total. The Morgan fingerprint density at radius 3 is 2.81 bits per heavy atom. The van der Waals surface area contributed by atoms with E-state index in [0.717, 1.165) is 10.6 Å². The first-order valence-electron chi connectivity index (χ1n) is 8.29.